The Morgan fingerprint density at radius 1 is 1.06 bits per heavy atom. The largest absolute Gasteiger partial charge is 0.435 e. The predicted octanol–water partition coefficient (Wildman–Crippen LogP) is 3.62. The van der Waals surface area contributed by atoms with Gasteiger partial charge in [-0.05, 0) is 55.5 Å². The zero-order valence-electron chi connectivity index (χ0n) is 18.8. The van der Waals surface area contributed by atoms with Crippen LogP contribution in [-0.4, -0.2) is 63.1 Å². The summed E-state index contributed by atoms with van der Waals surface area (Å²) in [5.74, 6) is -0.774. The molecular weight excluding hydrogens is 528 g/mol. The van der Waals surface area contributed by atoms with E-state index in [1.807, 2.05) is 0 Å². The first kappa shape index (κ1) is 27.6. The van der Waals surface area contributed by atoms with Crippen molar-refractivity contribution >= 4 is 38.8 Å². The molecule has 0 bridgehead atoms. The smallest absolute Gasteiger partial charge is 0.387 e. The van der Waals surface area contributed by atoms with Crippen molar-refractivity contribution in [3.05, 3.63) is 48.0 Å². The molecule has 0 aliphatic carbocycles. The van der Waals surface area contributed by atoms with E-state index in [0.717, 1.165) is 12.1 Å². The molecule has 2 aromatic carbocycles. The molecular formula is C21H22F4N4O5S2. The number of hydrazone groups is 1. The lowest BCUT2D eigenvalue weighted by atomic mass is 10.1. The number of anilines is 1. The van der Waals surface area contributed by atoms with E-state index in [4.69, 9.17) is 17.0 Å². The van der Waals surface area contributed by atoms with Crippen molar-refractivity contribution in [2.45, 2.75) is 25.0 Å². The lowest BCUT2D eigenvalue weighted by Gasteiger charge is -2.26. The minimum Gasteiger partial charge on any atom is -0.435 e. The van der Waals surface area contributed by atoms with Crippen molar-refractivity contribution in [1.29, 1.82) is 0 Å². The highest BCUT2D eigenvalue weighted by molar-refractivity contribution is 7.89. The molecule has 1 fully saturated rings. The van der Waals surface area contributed by atoms with Crippen molar-refractivity contribution < 1.29 is 40.2 Å². The second-order valence-corrected chi connectivity index (χ2v) is 9.57. The zero-order chi connectivity index (χ0) is 26.3. The van der Waals surface area contributed by atoms with E-state index in [1.54, 1.807) is 0 Å². The van der Waals surface area contributed by atoms with Crippen LogP contribution in [0.1, 0.15) is 12.5 Å². The van der Waals surface area contributed by atoms with Gasteiger partial charge in [-0.25, -0.2) is 8.42 Å². The van der Waals surface area contributed by atoms with Gasteiger partial charge in [0.05, 0.1) is 23.8 Å². The molecule has 0 amide bonds. The van der Waals surface area contributed by atoms with Crippen LogP contribution in [-0.2, 0) is 14.8 Å². The Labute approximate surface area is 210 Å². The number of rotatable bonds is 9. The molecule has 1 aliphatic heterocycles. The van der Waals surface area contributed by atoms with Crippen LogP contribution in [0.3, 0.4) is 0 Å². The highest BCUT2D eigenvalue weighted by atomic mass is 32.2. The Morgan fingerprint density at radius 2 is 1.69 bits per heavy atom. The summed E-state index contributed by atoms with van der Waals surface area (Å²) in [5.41, 5.74) is 3.24. The van der Waals surface area contributed by atoms with Gasteiger partial charge in [-0.2, -0.15) is 27.0 Å². The van der Waals surface area contributed by atoms with Gasteiger partial charge >= 0.3 is 13.2 Å². The number of nitrogens with one attached hydrogen (secondary N) is 2. The molecule has 1 aliphatic rings. The molecule has 3 rings (SSSR count). The molecule has 0 aromatic heterocycles. The Kier molecular flexibility index (Phi) is 9.42. The van der Waals surface area contributed by atoms with E-state index < -0.39 is 29.0 Å². The van der Waals surface area contributed by atoms with Crippen molar-refractivity contribution in [2.24, 2.45) is 5.10 Å². The topological polar surface area (TPSA) is 101 Å². The minimum absolute atomic E-state index is 0.0205. The third-order valence-electron chi connectivity index (χ3n) is 4.83. The Morgan fingerprint density at radius 3 is 2.31 bits per heavy atom. The SMILES string of the molecule is CC(=NNC(=S)Nc1ccc(S(=O)(=O)N2CCOCC2)cc1)c1ccc(OC(F)F)cc1OC(F)F. The van der Waals surface area contributed by atoms with E-state index >= 15 is 0 Å². The summed E-state index contributed by atoms with van der Waals surface area (Å²) in [6.45, 7) is -3.65. The molecule has 1 heterocycles. The van der Waals surface area contributed by atoms with Crippen LogP contribution >= 0.6 is 12.2 Å². The zero-order valence-corrected chi connectivity index (χ0v) is 20.4. The summed E-state index contributed by atoms with van der Waals surface area (Å²) in [5, 5.41) is 6.84. The van der Waals surface area contributed by atoms with Crippen LogP contribution in [0.15, 0.2) is 52.5 Å². The molecule has 196 valence electrons. The first-order valence-corrected chi connectivity index (χ1v) is 12.2. The number of morpholine rings is 1. The summed E-state index contributed by atoms with van der Waals surface area (Å²) in [7, 11) is -3.64. The third-order valence-corrected chi connectivity index (χ3v) is 6.94. The lowest BCUT2D eigenvalue weighted by molar-refractivity contribution is -0.0543. The van der Waals surface area contributed by atoms with E-state index in [2.05, 4.69) is 25.3 Å². The molecule has 0 radical (unpaired) electrons. The van der Waals surface area contributed by atoms with Crippen LogP contribution in [0.4, 0.5) is 23.2 Å². The number of ether oxygens (including phenoxy) is 3. The number of hydrogen-bond donors (Lipinski definition) is 2. The van der Waals surface area contributed by atoms with Crippen LogP contribution in [0, 0.1) is 0 Å². The van der Waals surface area contributed by atoms with Crippen molar-refractivity contribution in [3.8, 4) is 11.5 Å². The molecule has 1 saturated heterocycles. The first-order valence-electron chi connectivity index (χ1n) is 10.4. The van der Waals surface area contributed by atoms with E-state index in [9.17, 15) is 26.0 Å². The van der Waals surface area contributed by atoms with Crippen LogP contribution in [0.2, 0.25) is 0 Å². The molecule has 2 aromatic rings. The summed E-state index contributed by atoms with van der Waals surface area (Å²) < 4.78 is 90.9. The van der Waals surface area contributed by atoms with Gasteiger partial charge in [0.25, 0.3) is 0 Å². The Hall–Kier alpha value is -3.01. The normalized spacial score (nSPS) is 15.1. The molecule has 0 saturated carbocycles. The average Bonchev–Trinajstić information content (AvgIpc) is 2.83. The van der Waals surface area contributed by atoms with E-state index in [-0.39, 0.29) is 40.1 Å². The summed E-state index contributed by atoms with van der Waals surface area (Å²) in [6, 6.07) is 9.20. The van der Waals surface area contributed by atoms with Gasteiger partial charge in [-0.15, -0.1) is 0 Å². The average molecular weight is 551 g/mol. The number of hydrogen-bond acceptors (Lipinski definition) is 7. The highest BCUT2D eigenvalue weighted by Crippen LogP contribution is 2.28. The molecule has 9 nitrogen and oxygen atoms in total. The van der Waals surface area contributed by atoms with Gasteiger partial charge in [0, 0.05) is 30.4 Å². The van der Waals surface area contributed by atoms with Crippen molar-refractivity contribution in [3.63, 3.8) is 0 Å². The maximum Gasteiger partial charge on any atom is 0.387 e. The standard InChI is InChI=1S/C21H22F4N4O5S2/c1-13(17-7-4-15(33-19(22)23)12-18(17)34-20(24)25)27-28-21(35)26-14-2-5-16(6-3-14)36(30,31)29-8-10-32-11-9-29/h2-7,12,19-20H,8-11H2,1H3,(H2,26,28,35). The van der Waals surface area contributed by atoms with Crippen LogP contribution < -0.4 is 20.2 Å². The number of thiocarbonyl (C=S) groups is 1. The number of benzene rings is 2. The monoisotopic (exact) mass is 550 g/mol. The second-order valence-electron chi connectivity index (χ2n) is 7.22. The number of alkyl halides is 4. The molecule has 15 heteroatoms. The van der Waals surface area contributed by atoms with E-state index in [0.29, 0.717) is 18.9 Å². The Bertz CT molecular complexity index is 1190. The van der Waals surface area contributed by atoms with Crippen LogP contribution in [0.5, 0.6) is 11.5 Å². The summed E-state index contributed by atoms with van der Waals surface area (Å²) in [4.78, 5) is 0.119. The number of halogens is 4. The van der Waals surface area contributed by atoms with Gasteiger partial charge in [-0.3, -0.25) is 5.43 Å². The lowest BCUT2D eigenvalue weighted by Crippen LogP contribution is -2.40. The van der Waals surface area contributed by atoms with Gasteiger partial charge in [0.2, 0.25) is 10.0 Å². The number of nitrogens with zero attached hydrogens (tertiary/aromatic N) is 2. The number of sulfonamides is 1. The fourth-order valence-corrected chi connectivity index (χ4v) is 4.74. The third kappa shape index (κ3) is 7.49. The van der Waals surface area contributed by atoms with Crippen molar-refractivity contribution in [1.82, 2.24) is 9.73 Å². The van der Waals surface area contributed by atoms with Gasteiger partial charge in [0.15, 0.2) is 5.11 Å². The summed E-state index contributed by atoms with van der Waals surface area (Å²) >= 11 is 5.16. The predicted molar refractivity (Wildman–Crippen MR) is 127 cm³/mol. The fraction of sp³-hybridized carbons (Fsp3) is 0.333. The van der Waals surface area contributed by atoms with Gasteiger partial charge in [-0.1, -0.05) is 0 Å². The van der Waals surface area contributed by atoms with Crippen LogP contribution in [0.25, 0.3) is 0 Å². The van der Waals surface area contributed by atoms with E-state index in [1.165, 1.54) is 41.6 Å². The molecule has 36 heavy (non-hydrogen) atoms. The maximum atomic E-state index is 12.8. The van der Waals surface area contributed by atoms with Crippen molar-refractivity contribution in [2.75, 3.05) is 31.6 Å². The second kappa shape index (κ2) is 12.3. The maximum absolute atomic E-state index is 12.8. The summed E-state index contributed by atoms with van der Waals surface area (Å²) in [6.07, 6.45) is 0. The van der Waals surface area contributed by atoms with Gasteiger partial charge in [0.1, 0.15) is 11.5 Å². The quantitative estimate of drug-likeness (QED) is 0.211. The fourth-order valence-electron chi connectivity index (χ4n) is 3.17. The molecule has 0 unspecified atom stereocenters. The minimum atomic E-state index is -3.64. The molecule has 0 spiro atoms. The molecule has 2 N–H and O–H groups in total. The highest BCUT2D eigenvalue weighted by Gasteiger charge is 2.26. The molecule has 0 atom stereocenters. The first-order chi connectivity index (χ1) is 17.1. The van der Waals surface area contributed by atoms with Gasteiger partial charge < -0.3 is 19.5 Å². The Balaban J connectivity index is 1.65.